The van der Waals surface area contributed by atoms with Gasteiger partial charge < -0.3 is 25.4 Å². The topological polar surface area (TPSA) is 89.4 Å². The lowest BCUT2D eigenvalue weighted by atomic mass is 10.1. The van der Waals surface area contributed by atoms with Crippen molar-refractivity contribution in [3.05, 3.63) is 35.4 Å². The molecule has 30 heavy (non-hydrogen) atoms. The van der Waals surface area contributed by atoms with E-state index in [2.05, 4.69) is 27.7 Å². The minimum absolute atomic E-state index is 0.00499. The highest BCUT2D eigenvalue weighted by molar-refractivity contribution is 5.86. The van der Waals surface area contributed by atoms with Gasteiger partial charge in [0.1, 0.15) is 0 Å². The molecular formula is C22H35N5O3. The first kappa shape index (κ1) is 22.5. The summed E-state index contributed by atoms with van der Waals surface area (Å²) in [4.78, 5) is 20.6. The Balaban J connectivity index is 1.63. The van der Waals surface area contributed by atoms with E-state index in [1.165, 1.54) is 5.56 Å². The Morgan fingerprint density at radius 3 is 2.73 bits per heavy atom. The lowest BCUT2D eigenvalue weighted by Gasteiger charge is -2.18. The van der Waals surface area contributed by atoms with Crippen LogP contribution >= 0.6 is 0 Å². The number of benzene rings is 1. The summed E-state index contributed by atoms with van der Waals surface area (Å²) >= 11 is 0. The third-order valence-electron chi connectivity index (χ3n) is 5.59. The van der Waals surface area contributed by atoms with Gasteiger partial charge in [-0.2, -0.15) is 0 Å². The maximum atomic E-state index is 12.0. The van der Waals surface area contributed by atoms with Crippen LogP contribution in [0.1, 0.15) is 30.4 Å². The molecule has 8 nitrogen and oxygen atoms in total. The number of likely N-dealkylation sites (tertiary alicyclic amines) is 1. The highest BCUT2D eigenvalue weighted by Crippen LogP contribution is 2.17. The quantitative estimate of drug-likeness (QED) is 0.423. The minimum Gasteiger partial charge on any atom is -0.392 e. The summed E-state index contributed by atoms with van der Waals surface area (Å²) in [6.45, 7) is 4.65. The minimum atomic E-state index is -0.220. The highest BCUT2D eigenvalue weighted by Gasteiger charge is 2.21. The molecule has 3 N–H and O–H groups in total. The van der Waals surface area contributed by atoms with Gasteiger partial charge in [-0.3, -0.25) is 9.69 Å². The smallest absolute Gasteiger partial charge is 0.241 e. The van der Waals surface area contributed by atoms with E-state index in [9.17, 15) is 9.90 Å². The van der Waals surface area contributed by atoms with E-state index in [4.69, 9.17) is 9.73 Å². The first-order valence-corrected chi connectivity index (χ1v) is 10.8. The summed E-state index contributed by atoms with van der Waals surface area (Å²) in [5.74, 6) is 0.613. The van der Waals surface area contributed by atoms with E-state index in [1.807, 2.05) is 12.1 Å². The van der Waals surface area contributed by atoms with Crippen molar-refractivity contribution in [2.45, 2.75) is 44.6 Å². The first-order valence-electron chi connectivity index (χ1n) is 10.8. The van der Waals surface area contributed by atoms with Crippen LogP contribution in [0, 0.1) is 0 Å². The number of amides is 1. The fraction of sp³-hybridized carbons (Fsp3) is 0.636. The van der Waals surface area contributed by atoms with E-state index in [0.29, 0.717) is 19.0 Å². The van der Waals surface area contributed by atoms with Crippen LogP contribution in [-0.2, 0) is 22.6 Å². The maximum Gasteiger partial charge on any atom is 0.241 e. The molecule has 2 heterocycles. The number of hydrogen-bond donors (Lipinski definition) is 3. The van der Waals surface area contributed by atoms with Crippen molar-refractivity contribution in [1.29, 1.82) is 0 Å². The number of nitrogens with zero attached hydrogens (tertiary/aromatic N) is 3. The van der Waals surface area contributed by atoms with E-state index in [-0.39, 0.29) is 24.7 Å². The van der Waals surface area contributed by atoms with Crippen molar-refractivity contribution in [2.75, 3.05) is 46.9 Å². The average Bonchev–Trinajstić information content (AvgIpc) is 3.39. The van der Waals surface area contributed by atoms with Crippen molar-refractivity contribution >= 4 is 11.9 Å². The molecule has 8 heteroatoms. The molecule has 1 aromatic rings. The number of hydrogen-bond acceptors (Lipinski definition) is 5. The molecule has 3 rings (SSSR count). The van der Waals surface area contributed by atoms with Gasteiger partial charge in [-0.15, -0.1) is 0 Å². The number of carbonyl (C=O) groups is 1. The largest absolute Gasteiger partial charge is 0.392 e. The number of carbonyl (C=O) groups excluding carboxylic acids is 1. The van der Waals surface area contributed by atoms with Crippen LogP contribution in [0.5, 0.6) is 0 Å². The number of guanidine groups is 1. The van der Waals surface area contributed by atoms with Gasteiger partial charge in [0.05, 0.1) is 25.3 Å². The molecule has 1 amide bonds. The van der Waals surface area contributed by atoms with Gasteiger partial charge in [-0.1, -0.05) is 24.3 Å². The second-order valence-electron chi connectivity index (χ2n) is 8.27. The molecule has 2 atom stereocenters. The Morgan fingerprint density at radius 2 is 2.07 bits per heavy atom. The van der Waals surface area contributed by atoms with Gasteiger partial charge in [0.2, 0.25) is 5.91 Å². The molecule has 0 saturated carbocycles. The normalized spacial score (nSPS) is 22.3. The molecular weight excluding hydrogens is 382 g/mol. The monoisotopic (exact) mass is 417 g/mol. The van der Waals surface area contributed by atoms with Crippen molar-refractivity contribution in [1.82, 2.24) is 20.4 Å². The van der Waals surface area contributed by atoms with Crippen molar-refractivity contribution in [3.63, 3.8) is 0 Å². The second kappa shape index (κ2) is 11.3. The zero-order valence-electron chi connectivity index (χ0n) is 18.1. The van der Waals surface area contributed by atoms with Crippen LogP contribution in [0.25, 0.3) is 0 Å². The van der Waals surface area contributed by atoms with Crippen molar-refractivity contribution in [3.8, 4) is 0 Å². The molecule has 0 bridgehead atoms. The number of aliphatic hydroxyl groups is 1. The third kappa shape index (κ3) is 6.97. The fourth-order valence-corrected chi connectivity index (χ4v) is 3.73. The predicted molar refractivity (Wildman–Crippen MR) is 117 cm³/mol. The Bertz CT molecular complexity index is 718. The lowest BCUT2D eigenvalue weighted by Crippen LogP contribution is -2.45. The summed E-state index contributed by atoms with van der Waals surface area (Å²) in [5, 5.41) is 16.3. The van der Waals surface area contributed by atoms with E-state index in [1.54, 1.807) is 19.0 Å². The molecule has 2 saturated heterocycles. The van der Waals surface area contributed by atoms with E-state index < -0.39 is 0 Å². The maximum absolute atomic E-state index is 12.0. The van der Waals surface area contributed by atoms with Gasteiger partial charge in [-0.25, -0.2) is 4.99 Å². The fourth-order valence-electron chi connectivity index (χ4n) is 3.73. The first-order chi connectivity index (χ1) is 14.5. The number of aliphatic imine (C=N–C) groups is 1. The van der Waals surface area contributed by atoms with Crippen LogP contribution in [0.15, 0.2) is 29.3 Å². The van der Waals surface area contributed by atoms with E-state index in [0.717, 1.165) is 51.1 Å². The average molecular weight is 418 g/mol. The Hall–Kier alpha value is -2.16. The second-order valence-corrected chi connectivity index (χ2v) is 8.27. The molecule has 1 aromatic carbocycles. The Kier molecular flexibility index (Phi) is 8.48. The molecule has 2 aliphatic heterocycles. The molecule has 2 aliphatic rings. The summed E-state index contributed by atoms with van der Waals surface area (Å²) in [7, 11) is 3.48. The summed E-state index contributed by atoms with van der Waals surface area (Å²) in [5.41, 5.74) is 2.37. The summed E-state index contributed by atoms with van der Waals surface area (Å²) in [6, 6.07) is 8.28. The Morgan fingerprint density at radius 1 is 1.27 bits per heavy atom. The molecule has 2 fully saturated rings. The van der Waals surface area contributed by atoms with Gasteiger partial charge >= 0.3 is 0 Å². The molecule has 2 unspecified atom stereocenters. The third-order valence-corrected chi connectivity index (χ3v) is 5.59. The zero-order valence-corrected chi connectivity index (χ0v) is 18.1. The van der Waals surface area contributed by atoms with Crippen molar-refractivity contribution in [2.24, 2.45) is 4.99 Å². The van der Waals surface area contributed by atoms with Crippen LogP contribution in [0.2, 0.25) is 0 Å². The standard InChI is InChI=1S/C22H35N5O3/c1-26(2)21(29)14-25-22(24-13-20-8-5-11-30-20)23-12-17-6-3-4-7-18(17)15-27-10-9-19(28)16-27/h3-4,6-7,19-20,28H,5,8-16H2,1-2H3,(H2,23,24,25). The van der Waals surface area contributed by atoms with Crippen LogP contribution in [0.3, 0.4) is 0 Å². The molecule has 0 radical (unpaired) electrons. The van der Waals surface area contributed by atoms with E-state index >= 15 is 0 Å². The zero-order chi connectivity index (χ0) is 21.3. The lowest BCUT2D eigenvalue weighted by molar-refractivity contribution is -0.127. The van der Waals surface area contributed by atoms with Gasteiger partial charge in [0.25, 0.3) is 0 Å². The number of likely N-dealkylation sites (N-methyl/N-ethyl adjacent to an activating group) is 1. The van der Waals surface area contributed by atoms with Crippen LogP contribution < -0.4 is 10.6 Å². The van der Waals surface area contributed by atoms with Gasteiger partial charge in [0, 0.05) is 46.9 Å². The van der Waals surface area contributed by atoms with Crippen LogP contribution in [0.4, 0.5) is 0 Å². The SMILES string of the molecule is CN(C)C(=O)CNC(=NCc1ccccc1CN1CCC(O)C1)NCC1CCCO1. The summed E-state index contributed by atoms with van der Waals surface area (Å²) < 4.78 is 5.69. The molecule has 0 aromatic heterocycles. The number of nitrogens with one attached hydrogen (secondary N) is 2. The van der Waals surface area contributed by atoms with Gasteiger partial charge in [0.15, 0.2) is 5.96 Å². The molecule has 166 valence electrons. The molecule has 0 aliphatic carbocycles. The number of aliphatic hydroxyl groups excluding tert-OH is 1. The Labute approximate surface area is 179 Å². The number of ether oxygens (including phenoxy) is 1. The summed E-state index contributed by atoms with van der Waals surface area (Å²) in [6.07, 6.45) is 2.94. The molecule has 0 spiro atoms. The number of rotatable bonds is 8. The predicted octanol–water partition coefficient (Wildman–Crippen LogP) is 0.556. The van der Waals surface area contributed by atoms with Gasteiger partial charge in [-0.05, 0) is 30.4 Å². The number of β-amino-alcohol motifs (C(OH)–C–C–N with tert-alkyl or cyclic N) is 1. The van der Waals surface area contributed by atoms with Crippen LogP contribution in [-0.4, -0.2) is 85.9 Å². The van der Waals surface area contributed by atoms with Crippen molar-refractivity contribution < 1.29 is 14.6 Å². The highest BCUT2D eigenvalue weighted by atomic mass is 16.5.